The lowest BCUT2D eigenvalue weighted by atomic mass is 9.88. The molecule has 2 aromatic rings. The zero-order valence-electron chi connectivity index (χ0n) is 16.8. The van der Waals surface area contributed by atoms with E-state index in [-0.39, 0.29) is 16.5 Å². The van der Waals surface area contributed by atoms with Gasteiger partial charge in [0.05, 0.1) is 23.1 Å². The number of benzene rings is 2. The van der Waals surface area contributed by atoms with Crippen molar-refractivity contribution in [1.29, 1.82) is 0 Å². The van der Waals surface area contributed by atoms with Crippen LogP contribution in [-0.2, 0) is 11.0 Å². The molecule has 1 N–H and O–H groups in total. The second kappa shape index (κ2) is 8.88. The van der Waals surface area contributed by atoms with Gasteiger partial charge in [-0.15, -0.1) is 0 Å². The normalized spacial score (nSPS) is 15.3. The number of hydrogen-bond donors (Lipinski definition) is 1. The molecular weight excluding hydrogens is 417 g/mol. The second-order valence-electron chi connectivity index (χ2n) is 8.23. The number of aliphatic carboxylic acids is 1. The van der Waals surface area contributed by atoms with Gasteiger partial charge in [-0.25, -0.2) is 0 Å². The largest absolute Gasteiger partial charge is 0.491 e. The highest BCUT2D eigenvalue weighted by Crippen LogP contribution is 2.43. The molecule has 2 aromatic carbocycles. The fourth-order valence-corrected chi connectivity index (χ4v) is 3.66. The quantitative estimate of drug-likeness (QED) is 0.479. The summed E-state index contributed by atoms with van der Waals surface area (Å²) in [5.74, 6) is -0.984. The zero-order valence-corrected chi connectivity index (χ0v) is 17.6. The zero-order chi connectivity index (χ0) is 22.1. The minimum Gasteiger partial charge on any atom is -0.491 e. The molecule has 0 aliphatic heterocycles. The summed E-state index contributed by atoms with van der Waals surface area (Å²) < 4.78 is 45.6. The molecule has 1 atom stereocenters. The van der Waals surface area contributed by atoms with E-state index in [0.29, 0.717) is 35.8 Å². The van der Waals surface area contributed by atoms with Gasteiger partial charge in [0.25, 0.3) is 0 Å². The van der Waals surface area contributed by atoms with Crippen LogP contribution in [-0.4, -0.2) is 17.7 Å². The Morgan fingerprint density at radius 1 is 1.23 bits per heavy atom. The number of hydrogen-bond acceptors (Lipinski definition) is 2. The molecule has 1 aliphatic carbocycles. The van der Waals surface area contributed by atoms with Gasteiger partial charge in [0, 0.05) is 5.56 Å². The van der Waals surface area contributed by atoms with Gasteiger partial charge >= 0.3 is 12.1 Å². The van der Waals surface area contributed by atoms with Crippen molar-refractivity contribution in [2.24, 2.45) is 11.8 Å². The monoisotopic (exact) mass is 440 g/mol. The maximum atomic E-state index is 13.2. The maximum Gasteiger partial charge on any atom is 0.416 e. The van der Waals surface area contributed by atoms with Gasteiger partial charge in [-0.1, -0.05) is 37.6 Å². The van der Waals surface area contributed by atoms with E-state index in [9.17, 15) is 23.1 Å². The third-order valence-electron chi connectivity index (χ3n) is 5.13. The van der Waals surface area contributed by atoms with E-state index in [2.05, 4.69) is 0 Å². The number of rotatable bonds is 8. The van der Waals surface area contributed by atoms with Gasteiger partial charge in [-0.05, 0) is 66.5 Å². The molecule has 0 saturated heterocycles. The lowest BCUT2D eigenvalue weighted by molar-refractivity contribution is -0.139. The smallest absolute Gasteiger partial charge is 0.416 e. The Kier molecular flexibility index (Phi) is 6.65. The molecule has 1 unspecified atom stereocenters. The minimum absolute atomic E-state index is 0.118. The summed E-state index contributed by atoms with van der Waals surface area (Å²) in [4.78, 5) is 11.9. The molecule has 162 valence electrons. The lowest BCUT2D eigenvalue weighted by Crippen LogP contribution is -2.14. The van der Waals surface area contributed by atoms with Gasteiger partial charge in [0.2, 0.25) is 0 Å². The number of ether oxygens (including phenoxy) is 1. The highest BCUT2D eigenvalue weighted by molar-refractivity contribution is 6.32. The molecular formula is C23H24ClF3O3. The highest BCUT2D eigenvalue weighted by atomic mass is 35.5. The summed E-state index contributed by atoms with van der Waals surface area (Å²) in [5, 5.41) is 9.91. The first-order valence-corrected chi connectivity index (χ1v) is 10.3. The van der Waals surface area contributed by atoms with E-state index in [1.165, 1.54) is 6.07 Å². The average molecular weight is 441 g/mol. The van der Waals surface area contributed by atoms with Crippen LogP contribution in [0.5, 0.6) is 5.75 Å². The lowest BCUT2D eigenvalue weighted by Gasteiger charge is -2.20. The number of carboxylic acid groups (broad SMARTS) is 1. The standard InChI is InChI=1S/C23H24ClF3O3/c1-13(2)8-19(22(28)29)16-10-18(15-4-3-5-17(9-15)23(25,26)27)21(20(24)11-16)30-12-14-6-7-14/h3-5,9-11,13-14,19H,6-8,12H2,1-2H3,(H,28,29). The van der Waals surface area contributed by atoms with Crippen LogP contribution >= 0.6 is 11.6 Å². The molecule has 0 radical (unpaired) electrons. The molecule has 7 heteroatoms. The van der Waals surface area contributed by atoms with Crippen LogP contribution in [0.3, 0.4) is 0 Å². The summed E-state index contributed by atoms with van der Waals surface area (Å²) in [6.45, 7) is 4.26. The molecule has 0 amide bonds. The van der Waals surface area contributed by atoms with Crippen LogP contribution in [0.15, 0.2) is 36.4 Å². The first-order valence-electron chi connectivity index (χ1n) is 9.93. The molecule has 3 rings (SSSR count). The van der Waals surface area contributed by atoms with Gasteiger partial charge in [0.15, 0.2) is 0 Å². The summed E-state index contributed by atoms with van der Waals surface area (Å²) >= 11 is 6.46. The van der Waals surface area contributed by atoms with Crippen molar-refractivity contribution in [3.05, 3.63) is 52.5 Å². The molecule has 0 aromatic heterocycles. The Morgan fingerprint density at radius 2 is 1.93 bits per heavy atom. The average Bonchev–Trinajstić information content (AvgIpc) is 3.48. The first kappa shape index (κ1) is 22.5. The third-order valence-corrected chi connectivity index (χ3v) is 5.42. The topological polar surface area (TPSA) is 46.5 Å². The van der Waals surface area contributed by atoms with Crippen LogP contribution in [0.25, 0.3) is 11.1 Å². The molecule has 1 aliphatic rings. The van der Waals surface area contributed by atoms with E-state index < -0.39 is 23.6 Å². The van der Waals surface area contributed by atoms with Crippen LogP contribution in [0.1, 0.15) is 50.2 Å². The first-order chi connectivity index (χ1) is 14.1. The molecule has 3 nitrogen and oxygen atoms in total. The van der Waals surface area contributed by atoms with Crippen molar-refractivity contribution >= 4 is 17.6 Å². The van der Waals surface area contributed by atoms with E-state index in [0.717, 1.165) is 25.0 Å². The highest BCUT2D eigenvalue weighted by Gasteiger charge is 2.31. The van der Waals surface area contributed by atoms with Crippen LogP contribution in [0, 0.1) is 11.8 Å². The summed E-state index contributed by atoms with van der Waals surface area (Å²) in [6, 6.07) is 8.07. The Hall–Kier alpha value is -2.21. The Bertz CT molecular complexity index is 920. The molecule has 30 heavy (non-hydrogen) atoms. The van der Waals surface area contributed by atoms with Crippen molar-refractivity contribution in [2.75, 3.05) is 6.61 Å². The summed E-state index contributed by atoms with van der Waals surface area (Å²) in [7, 11) is 0. The molecule has 0 bridgehead atoms. The molecule has 0 spiro atoms. The fraction of sp³-hybridized carbons (Fsp3) is 0.435. The van der Waals surface area contributed by atoms with Crippen LogP contribution in [0.2, 0.25) is 5.02 Å². The number of halogens is 4. The Morgan fingerprint density at radius 3 is 2.50 bits per heavy atom. The van der Waals surface area contributed by atoms with Crippen molar-refractivity contribution in [3.8, 4) is 16.9 Å². The van der Waals surface area contributed by atoms with Crippen LogP contribution in [0.4, 0.5) is 13.2 Å². The van der Waals surface area contributed by atoms with Crippen molar-refractivity contribution in [2.45, 2.75) is 45.2 Å². The minimum atomic E-state index is -4.49. The van der Waals surface area contributed by atoms with Crippen molar-refractivity contribution < 1.29 is 27.8 Å². The third kappa shape index (κ3) is 5.48. The maximum absolute atomic E-state index is 13.2. The predicted octanol–water partition coefficient (Wildman–Crippen LogP) is 7.03. The predicted molar refractivity (Wildman–Crippen MR) is 110 cm³/mol. The van der Waals surface area contributed by atoms with E-state index in [4.69, 9.17) is 16.3 Å². The number of alkyl halides is 3. The van der Waals surface area contributed by atoms with Crippen LogP contribution < -0.4 is 4.74 Å². The molecule has 1 saturated carbocycles. The number of carboxylic acids is 1. The van der Waals surface area contributed by atoms with Gasteiger partial charge in [-0.2, -0.15) is 13.2 Å². The van der Waals surface area contributed by atoms with Crippen molar-refractivity contribution in [3.63, 3.8) is 0 Å². The van der Waals surface area contributed by atoms with Gasteiger partial charge in [-0.3, -0.25) is 4.79 Å². The summed E-state index contributed by atoms with van der Waals surface area (Å²) in [6.07, 6.45) is -2.02. The SMILES string of the molecule is CC(C)CC(C(=O)O)c1cc(Cl)c(OCC2CC2)c(-c2cccc(C(F)(F)F)c2)c1. The van der Waals surface area contributed by atoms with E-state index in [1.807, 2.05) is 13.8 Å². The Labute approximate surface area is 178 Å². The molecule has 0 heterocycles. The van der Waals surface area contributed by atoms with Gasteiger partial charge < -0.3 is 9.84 Å². The van der Waals surface area contributed by atoms with E-state index in [1.54, 1.807) is 18.2 Å². The van der Waals surface area contributed by atoms with Crippen molar-refractivity contribution in [1.82, 2.24) is 0 Å². The number of carbonyl (C=O) groups is 1. The second-order valence-corrected chi connectivity index (χ2v) is 8.64. The fourth-order valence-electron chi connectivity index (χ4n) is 3.38. The van der Waals surface area contributed by atoms with Gasteiger partial charge in [0.1, 0.15) is 5.75 Å². The Balaban J connectivity index is 2.11. The van der Waals surface area contributed by atoms with E-state index >= 15 is 0 Å². The molecule has 1 fully saturated rings. The summed E-state index contributed by atoms with van der Waals surface area (Å²) in [5.41, 5.74) is 0.325.